The van der Waals surface area contributed by atoms with Gasteiger partial charge >= 0.3 is 0 Å². The van der Waals surface area contributed by atoms with Crippen LogP contribution in [0.3, 0.4) is 0 Å². The summed E-state index contributed by atoms with van der Waals surface area (Å²) < 4.78 is 0. The monoisotopic (exact) mass is 322 g/mol. The Labute approximate surface area is 139 Å². The van der Waals surface area contributed by atoms with Crippen LogP contribution in [0.2, 0.25) is 5.02 Å². The molecule has 0 fully saturated rings. The fourth-order valence-electron chi connectivity index (χ4n) is 2.07. The third kappa shape index (κ3) is 3.87. The summed E-state index contributed by atoms with van der Waals surface area (Å²) >= 11 is 5.93. The van der Waals surface area contributed by atoms with E-state index in [1.807, 2.05) is 60.7 Å². The number of nitrogens with one attached hydrogen (secondary N) is 1. The predicted molar refractivity (Wildman–Crippen MR) is 96.2 cm³/mol. The van der Waals surface area contributed by atoms with Crippen LogP contribution in [0.1, 0.15) is 0 Å². The van der Waals surface area contributed by atoms with Gasteiger partial charge in [0.25, 0.3) is 0 Å². The van der Waals surface area contributed by atoms with E-state index in [4.69, 9.17) is 17.3 Å². The molecule has 23 heavy (non-hydrogen) atoms. The lowest BCUT2D eigenvalue weighted by Gasteiger charge is -2.11. The van der Waals surface area contributed by atoms with Crippen LogP contribution in [0.15, 0.2) is 83.0 Å². The van der Waals surface area contributed by atoms with Crippen molar-refractivity contribution in [1.29, 1.82) is 0 Å². The van der Waals surface area contributed by atoms with Crippen molar-refractivity contribution in [3.05, 3.63) is 77.8 Å². The van der Waals surface area contributed by atoms with Crippen molar-refractivity contribution in [1.82, 2.24) is 0 Å². The molecule has 0 saturated carbocycles. The average Bonchev–Trinajstić information content (AvgIpc) is 2.57. The SMILES string of the molecule is Nc1cc(Cl)ccc1Nc1ccccc1N=Nc1ccccc1. The van der Waals surface area contributed by atoms with Gasteiger partial charge in [0.15, 0.2) is 0 Å². The van der Waals surface area contributed by atoms with Gasteiger partial charge in [-0.1, -0.05) is 41.9 Å². The molecule has 0 bridgehead atoms. The van der Waals surface area contributed by atoms with Gasteiger partial charge in [-0.15, -0.1) is 5.11 Å². The minimum Gasteiger partial charge on any atom is -0.397 e. The summed E-state index contributed by atoms with van der Waals surface area (Å²) in [6.45, 7) is 0. The third-order valence-corrected chi connectivity index (χ3v) is 3.45. The van der Waals surface area contributed by atoms with E-state index in [2.05, 4.69) is 15.5 Å². The number of nitrogens with zero attached hydrogens (tertiary/aromatic N) is 2. The maximum Gasteiger partial charge on any atom is 0.109 e. The van der Waals surface area contributed by atoms with Gasteiger partial charge in [-0.25, -0.2) is 0 Å². The first-order chi connectivity index (χ1) is 11.2. The first-order valence-corrected chi connectivity index (χ1v) is 7.48. The van der Waals surface area contributed by atoms with Crippen molar-refractivity contribution in [2.24, 2.45) is 10.2 Å². The Morgan fingerprint density at radius 1 is 0.783 bits per heavy atom. The molecule has 0 saturated heterocycles. The molecule has 0 aliphatic carbocycles. The van der Waals surface area contributed by atoms with Crippen LogP contribution < -0.4 is 11.1 Å². The Morgan fingerprint density at radius 3 is 2.30 bits per heavy atom. The molecule has 114 valence electrons. The number of hydrogen-bond donors (Lipinski definition) is 2. The van der Waals surface area contributed by atoms with E-state index < -0.39 is 0 Å². The van der Waals surface area contributed by atoms with Crippen LogP contribution in [0, 0.1) is 0 Å². The van der Waals surface area contributed by atoms with Crippen molar-refractivity contribution < 1.29 is 0 Å². The lowest BCUT2D eigenvalue weighted by molar-refractivity contribution is 1.23. The largest absolute Gasteiger partial charge is 0.397 e. The molecule has 0 aromatic heterocycles. The lowest BCUT2D eigenvalue weighted by Crippen LogP contribution is -1.96. The summed E-state index contributed by atoms with van der Waals surface area (Å²) in [5.74, 6) is 0. The van der Waals surface area contributed by atoms with E-state index in [0.717, 1.165) is 22.7 Å². The van der Waals surface area contributed by atoms with Gasteiger partial charge in [-0.2, -0.15) is 5.11 Å². The van der Waals surface area contributed by atoms with Gasteiger partial charge in [0.05, 0.1) is 22.7 Å². The number of benzene rings is 3. The van der Waals surface area contributed by atoms with Crippen LogP contribution in [0.4, 0.5) is 28.4 Å². The second-order valence-corrected chi connectivity index (χ2v) is 5.35. The fraction of sp³-hybridized carbons (Fsp3) is 0. The van der Waals surface area contributed by atoms with Gasteiger partial charge in [0.2, 0.25) is 0 Å². The molecule has 0 radical (unpaired) electrons. The number of nitrogen functional groups attached to an aromatic ring is 1. The second-order valence-electron chi connectivity index (χ2n) is 4.91. The number of rotatable bonds is 4. The van der Waals surface area contributed by atoms with E-state index >= 15 is 0 Å². The molecule has 3 rings (SSSR count). The lowest BCUT2D eigenvalue weighted by atomic mass is 10.2. The number of anilines is 3. The summed E-state index contributed by atoms with van der Waals surface area (Å²) in [5.41, 5.74) is 9.68. The first kappa shape index (κ1) is 15.1. The van der Waals surface area contributed by atoms with E-state index in [-0.39, 0.29) is 0 Å². The highest BCUT2D eigenvalue weighted by atomic mass is 35.5. The van der Waals surface area contributed by atoms with Gasteiger partial charge in [-0.05, 0) is 42.5 Å². The number of azo groups is 1. The minimum atomic E-state index is 0.576. The van der Waals surface area contributed by atoms with E-state index in [1.54, 1.807) is 12.1 Å². The van der Waals surface area contributed by atoms with Crippen LogP contribution >= 0.6 is 11.6 Å². The molecule has 3 N–H and O–H groups in total. The molecular formula is C18H15ClN4. The highest BCUT2D eigenvalue weighted by Crippen LogP contribution is 2.32. The Balaban J connectivity index is 1.87. The summed E-state index contributed by atoms with van der Waals surface area (Å²) in [7, 11) is 0. The Bertz CT molecular complexity index is 831. The molecule has 0 heterocycles. The summed E-state index contributed by atoms with van der Waals surface area (Å²) in [6.07, 6.45) is 0. The quantitative estimate of drug-likeness (QED) is 0.451. The van der Waals surface area contributed by atoms with Crippen molar-refractivity contribution >= 4 is 40.0 Å². The molecule has 0 atom stereocenters. The highest BCUT2D eigenvalue weighted by molar-refractivity contribution is 6.31. The van der Waals surface area contributed by atoms with E-state index in [0.29, 0.717) is 10.7 Å². The zero-order valence-electron chi connectivity index (χ0n) is 12.3. The number of nitrogens with two attached hydrogens (primary N) is 1. The molecule has 5 heteroatoms. The molecule has 0 aliphatic rings. The maximum absolute atomic E-state index is 5.98. The van der Waals surface area contributed by atoms with Crippen LogP contribution in [0.25, 0.3) is 0 Å². The molecular weight excluding hydrogens is 308 g/mol. The molecule has 4 nitrogen and oxygen atoms in total. The zero-order chi connectivity index (χ0) is 16.1. The van der Waals surface area contributed by atoms with E-state index in [9.17, 15) is 0 Å². The van der Waals surface area contributed by atoms with Crippen LogP contribution in [0.5, 0.6) is 0 Å². The molecule has 0 spiro atoms. The molecule has 0 amide bonds. The fourth-order valence-corrected chi connectivity index (χ4v) is 2.25. The van der Waals surface area contributed by atoms with Crippen molar-refractivity contribution in [3.8, 4) is 0 Å². The number of para-hydroxylation sites is 1. The third-order valence-electron chi connectivity index (χ3n) is 3.22. The van der Waals surface area contributed by atoms with Gasteiger partial charge in [-0.3, -0.25) is 0 Å². The summed E-state index contributed by atoms with van der Waals surface area (Å²) in [4.78, 5) is 0. The zero-order valence-corrected chi connectivity index (χ0v) is 13.0. The van der Waals surface area contributed by atoms with Gasteiger partial charge in [0.1, 0.15) is 5.69 Å². The standard InChI is InChI=1S/C18H15ClN4/c19-13-10-11-16(15(20)12-13)21-17-8-4-5-9-18(17)23-22-14-6-2-1-3-7-14/h1-12,21H,20H2. The van der Waals surface area contributed by atoms with Gasteiger partial charge in [0, 0.05) is 5.02 Å². The Morgan fingerprint density at radius 2 is 1.52 bits per heavy atom. The van der Waals surface area contributed by atoms with Crippen molar-refractivity contribution in [3.63, 3.8) is 0 Å². The van der Waals surface area contributed by atoms with Crippen LogP contribution in [-0.4, -0.2) is 0 Å². The highest BCUT2D eigenvalue weighted by Gasteiger charge is 2.04. The number of halogens is 1. The first-order valence-electron chi connectivity index (χ1n) is 7.10. The molecule has 3 aromatic carbocycles. The topological polar surface area (TPSA) is 62.8 Å². The van der Waals surface area contributed by atoms with Crippen molar-refractivity contribution in [2.75, 3.05) is 11.1 Å². The average molecular weight is 323 g/mol. The molecule has 0 aliphatic heterocycles. The minimum absolute atomic E-state index is 0.576. The maximum atomic E-state index is 5.98. The van der Waals surface area contributed by atoms with Crippen LogP contribution in [-0.2, 0) is 0 Å². The molecule has 3 aromatic rings. The second kappa shape index (κ2) is 6.94. The smallest absolute Gasteiger partial charge is 0.109 e. The Kier molecular flexibility index (Phi) is 4.54. The normalized spacial score (nSPS) is 10.8. The summed E-state index contributed by atoms with van der Waals surface area (Å²) in [6, 6.07) is 22.6. The van der Waals surface area contributed by atoms with E-state index in [1.165, 1.54) is 0 Å². The molecule has 0 unspecified atom stereocenters. The predicted octanol–water partition coefficient (Wildman–Crippen LogP) is 6.08. The van der Waals surface area contributed by atoms with Gasteiger partial charge < -0.3 is 11.1 Å². The van der Waals surface area contributed by atoms with Crippen molar-refractivity contribution in [2.45, 2.75) is 0 Å². The number of hydrogen-bond acceptors (Lipinski definition) is 4. The Hall–Kier alpha value is -2.85. The summed E-state index contributed by atoms with van der Waals surface area (Å²) in [5, 5.41) is 12.4.